The Balaban J connectivity index is 1.73. The molecule has 2 aliphatic rings. The average Bonchev–Trinajstić information content (AvgIpc) is 2.69. The van der Waals surface area contributed by atoms with Crippen molar-refractivity contribution in [2.24, 2.45) is 17.8 Å². The van der Waals surface area contributed by atoms with Gasteiger partial charge in [-0.2, -0.15) is 0 Å². The maximum atomic E-state index is 11.3. The highest BCUT2D eigenvalue weighted by Crippen LogP contribution is 2.54. The monoisotopic (exact) mass is 168 g/mol. The van der Waals surface area contributed by atoms with Crippen LogP contribution < -0.4 is 0 Å². The van der Waals surface area contributed by atoms with Crippen LogP contribution in [0.1, 0.15) is 32.6 Å². The summed E-state index contributed by atoms with van der Waals surface area (Å²) in [5, 5.41) is 0. The van der Waals surface area contributed by atoms with Gasteiger partial charge in [0.25, 0.3) is 0 Å². The summed E-state index contributed by atoms with van der Waals surface area (Å²) in [6.45, 7) is 2.63. The topological polar surface area (TPSA) is 26.3 Å². The van der Waals surface area contributed by atoms with E-state index in [1.807, 2.05) is 6.92 Å². The van der Waals surface area contributed by atoms with Crippen LogP contribution in [0.2, 0.25) is 0 Å². The molecule has 68 valence electrons. The molecule has 2 aliphatic carbocycles. The normalized spacial score (nSPS) is 37.6. The molecule has 0 heterocycles. The van der Waals surface area contributed by atoms with Gasteiger partial charge in [0.1, 0.15) is 0 Å². The van der Waals surface area contributed by atoms with Gasteiger partial charge in [-0.25, -0.2) is 0 Å². The summed E-state index contributed by atoms with van der Waals surface area (Å²) in [5.41, 5.74) is 0. The fourth-order valence-electron chi connectivity index (χ4n) is 2.23. The SMILES string of the molecule is CCCOC(=O)C1CC2CC2C1. The van der Waals surface area contributed by atoms with Crippen LogP contribution in [0.5, 0.6) is 0 Å². The number of carbonyl (C=O) groups is 1. The number of carbonyl (C=O) groups excluding carboxylic acids is 1. The van der Waals surface area contributed by atoms with Crippen LogP contribution in [-0.2, 0) is 9.53 Å². The van der Waals surface area contributed by atoms with Gasteiger partial charge < -0.3 is 4.74 Å². The fourth-order valence-corrected chi connectivity index (χ4v) is 2.23. The van der Waals surface area contributed by atoms with Crippen molar-refractivity contribution in [1.82, 2.24) is 0 Å². The highest BCUT2D eigenvalue weighted by molar-refractivity contribution is 5.73. The highest BCUT2D eigenvalue weighted by Gasteiger charge is 2.48. The predicted molar refractivity (Wildman–Crippen MR) is 45.6 cm³/mol. The summed E-state index contributed by atoms with van der Waals surface area (Å²) < 4.78 is 5.11. The molecule has 2 heteroatoms. The van der Waals surface area contributed by atoms with Crippen LogP contribution in [0.15, 0.2) is 0 Å². The van der Waals surface area contributed by atoms with Crippen LogP contribution >= 0.6 is 0 Å². The van der Waals surface area contributed by atoms with E-state index in [0.717, 1.165) is 31.1 Å². The van der Waals surface area contributed by atoms with E-state index in [-0.39, 0.29) is 11.9 Å². The Morgan fingerprint density at radius 3 is 2.58 bits per heavy atom. The third-order valence-electron chi connectivity index (χ3n) is 3.03. The van der Waals surface area contributed by atoms with Crippen LogP contribution in [0, 0.1) is 17.8 Å². The summed E-state index contributed by atoms with van der Waals surface area (Å²) in [6, 6.07) is 0. The Kier molecular flexibility index (Phi) is 2.07. The quantitative estimate of drug-likeness (QED) is 0.602. The Morgan fingerprint density at radius 1 is 1.33 bits per heavy atom. The second-order valence-electron chi connectivity index (χ2n) is 4.09. The minimum Gasteiger partial charge on any atom is -0.465 e. The van der Waals surface area contributed by atoms with E-state index < -0.39 is 0 Å². The summed E-state index contributed by atoms with van der Waals surface area (Å²) in [6.07, 6.45) is 4.52. The van der Waals surface area contributed by atoms with E-state index in [2.05, 4.69) is 0 Å². The number of hydrogen-bond donors (Lipinski definition) is 0. The molecule has 0 bridgehead atoms. The van der Waals surface area contributed by atoms with E-state index >= 15 is 0 Å². The Labute approximate surface area is 73.3 Å². The molecule has 12 heavy (non-hydrogen) atoms. The molecular weight excluding hydrogens is 152 g/mol. The lowest BCUT2D eigenvalue weighted by Gasteiger charge is -2.10. The van der Waals surface area contributed by atoms with Crippen molar-refractivity contribution in [2.45, 2.75) is 32.6 Å². The molecule has 2 fully saturated rings. The molecule has 0 spiro atoms. The molecule has 2 nitrogen and oxygen atoms in total. The molecule has 0 radical (unpaired) electrons. The molecule has 2 saturated carbocycles. The number of hydrogen-bond acceptors (Lipinski definition) is 2. The second kappa shape index (κ2) is 3.08. The van der Waals surface area contributed by atoms with E-state index in [1.165, 1.54) is 6.42 Å². The third kappa shape index (κ3) is 1.47. The number of rotatable bonds is 3. The first-order valence-electron chi connectivity index (χ1n) is 4.98. The lowest BCUT2D eigenvalue weighted by molar-refractivity contribution is -0.148. The highest BCUT2D eigenvalue weighted by atomic mass is 16.5. The summed E-state index contributed by atoms with van der Waals surface area (Å²) in [7, 11) is 0. The number of esters is 1. The van der Waals surface area contributed by atoms with Crippen molar-refractivity contribution in [3.8, 4) is 0 Å². The van der Waals surface area contributed by atoms with Gasteiger partial charge in [0.05, 0.1) is 12.5 Å². The van der Waals surface area contributed by atoms with Gasteiger partial charge in [0, 0.05) is 0 Å². The molecule has 0 aliphatic heterocycles. The van der Waals surface area contributed by atoms with E-state index in [1.54, 1.807) is 0 Å². The number of ether oxygens (including phenoxy) is 1. The molecule has 2 unspecified atom stereocenters. The zero-order chi connectivity index (χ0) is 8.55. The van der Waals surface area contributed by atoms with E-state index in [4.69, 9.17) is 4.74 Å². The first kappa shape index (κ1) is 8.09. The molecule has 0 aromatic heterocycles. The Hall–Kier alpha value is -0.530. The second-order valence-corrected chi connectivity index (χ2v) is 4.09. The average molecular weight is 168 g/mol. The zero-order valence-electron chi connectivity index (χ0n) is 7.58. The van der Waals surface area contributed by atoms with Gasteiger partial charge in [-0.15, -0.1) is 0 Å². The van der Waals surface area contributed by atoms with Gasteiger partial charge in [-0.3, -0.25) is 4.79 Å². The molecule has 0 saturated heterocycles. The molecule has 0 aromatic rings. The van der Waals surface area contributed by atoms with Crippen molar-refractivity contribution in [3.63, 3.8) is 0 Å². The number of fused-ring (bicyclic) bond motifs is 1. The summed E-state index contributed by atoms with van der Waals surface area (Å²) in [5.74, 6) is 2.07. The third-order valence-corrected chi connectivity index (χ3v) is 3.03. The summed E-state index contributed by atoms with van der Waals surface area (Å²) >= 11 is 0. The molecule has 0 aromatic carbocycles. The Bertz CT molecular complexity index is 178. The fraction of sp³-hybridized carbons (Fsp3) is 0.900. The molecular formula is C10H16O2. The maximum absolute atomic E-state index is 11.3. The standard InChI is InChI=1S/C10H16O2/c1-2-3-12-10(11)9-5-7-4-8(7)6-9/h7-9H,2-6H2,1H3. The maximum Gasteiger partial charge on any atom is 0.308 e. The lowest BCUT2D eigenvalue weighted by Crippen LogP contribution is -2.16. The van der Waals surface area contributed by atoms with Gasteiger partial charge in [-0.1, -0.05) is 6.92 Å². The van der Waals surface area contributed by atoms with Crippen molar-refractivity contribution in [1.29, 1.82) is 0 Å². The first-order valence-corrected chi connectivity index (χ1v) is 4.98. The summed E-state index contributed by atoms with van der Waals surface area (Å²) in [4.78, 5) is 11.3. The molecule has 0 N–H and O–H groups in total. The lowest BCUT2D eigenvalue weighted by atomic mass is 10.0. The van der Waals surface area contributed by atoms with Crippen molar-refractivity contribution < 1.29 is 9.53 Å². The van der Waals surface area contributed by atoms with Crippen LogP contribution in [0.3, 0.4) is 0 Å². The van der Waals surface area contributed by atoms with Gasteiger partial charge in [0.2, 0.25) is 0 Å². The predicted octanol–water partition coefficient (Wildman–Crippen LogP) is 1.99. The van der Waals surface area contributed by atoms with Gasteiger partial charge in [0.15, 0.2) is 0 Å². The smallest absolute Gasteiger partial charge is 0.308 e. The van der Waals surface area contributed by atoms with E-state index in [9.17, 15) is 4.79 Å². The van der Waals surface area contributed by atoms with Crippen LogP contribution in [0.4, 0.5) is 0 Å². The molecule has 2 atom stereocenters. The van der Waals surface area contributed by atoms with Crippen LogP contribution in [-0.4, -0.2) is 12.6 Å². The largest absolute Gasteiger partial charge is 0.465 e. The van der Waals surface area contributed by atoms with Gasteiger partial charge in [-0.05, 0) is 37.5 Å². The van der Waals surface area contributed by atoms with Crippen molar-refractivity contribution in [2.75, 3.05) is 6.61 Å². The zero-order valence-corrected chi connectivity index (χ0v) is 7.58. The van der Waals surface area contributed by atoms with E-state index in [0.29, 0.717) is 6.61 Å². The molecule has 2 rings (SSSR count). The van der Waals surface area contributed by atoms with Crippen molar-refractivity contribution >= 4 is 5.97 Å². The first-order chi connectivity index (χ1) is 5.81. The minimum atomic E-state index is 0.0593. The van der Waals surface area contributed by atoms with Crippen LogP contribution in [0.25, 0.3) is 0 Å². The molecule has 0 amide bonds. The minimum absolute atomic E-state index is 0.0593. The van der Waals surface area contributed by atoms with Crippen molar-refractivity contribution in [3.05, 3.63) is 0 Å². The van der Waals surface area contributed by atoms with Gasteiger partial charge >= 0.3 is 5.97 Å². The Morgan fingerprint density at radius 2 is 2.00 bits per heavy atom.